The van der Waals surface area contributed by atoms with Gasteiger partial charge in [-0.1, -0.05) is 24.3 Å². The number of aromatic amines is 1. The van der Waals surface area contributed by atoms with Crippen molar-refractivity contribution in [1.82, 2.24) is 9.97 Å². The largest absolute Gasteiger partial charge is 0.507 e. The molecule has 0 bridgehead atoms. The lowest BCUT2D eigenvalue weighted by Crippen LogP contribution is -1.95. The molecule has 25 heavy (non-hydrogen) atoms. The van der Waals surface area contributed by atoms with Gasteiger partial charge >= 0.3 is 0 Å². The first kappa shape index (κ1) is 15.5. The van der Waals surface area contributed by atoms with Crippen LogP contribution in [0, 0.1) is 0 Å². The lowest BCUT2D eigenvalue weighted by atomic mass is 10.1. The number of phenolic OH excluding ortho intramolecular Hbond substituents is 1. The number of ether oxygens (including phenoxy) is 1. The van der Waals surface area contributed by atoms with Crippen LogP contribution in [-0.2, 0) is 0 Å². The van der Waals surface area contributed by atoms with Gasteiger partial charge in [-0.25, -0.2) is 4.98 Å². The second-order valence-electron chi connectivity index (χ2n) is 5.53. The molecule has 0 aliphatic heterocycles. The summed E-state index contributed by atoms with van der Waals surface area (Å²) in [5, 5.41) is 12.4. The van der Waals surface area contributed by atoms with Crippen LogP contribution >= 0.6 is 11.8 Å². The lowest BCUT2D eigenvalue weighted by molar-refractivity contribution is 0.108. The van der Waals surface area contributed by atoms with E-state index in [4.69, 9.17) is 4.74 Å². The third-order valence-corrected chi connectivity index (χ3v) is 4.73. The van der Waals surface area contributed by atoms with Gasteiger partial charge in [-0.15, -0.1) is 0 Å². The molecule has 0 spiro atoms. The van der Waals surface area contributed by atoms with Crippen molar-refractivity contribution in [2.45, 2.75) is 5.16 Å². The van der Waals surface area contributed by atoms with E-state index in [9.17, 15) is 9.90 Å². The number of rotatable bonds is 3. The Bertz CT molecular complexity index is 1050. The number of carbonyl (C=O) groups is 1. The number of nitrogens with one attached hydrogen (secondary N) is 1. The maximum Gasteiger partial charge on any atom is 0.230 e. The summed E-state index contributed by atoms with van der Waals surface area (Å²) in [5.74, 6) is 0.383. The Kier molecular flexibility index (Phi) is 3.82. The molecule has 0 aliphatic rings. The van der Waals surface area contributed by atoms with Crippen LogP contribution in [0.3, 0.4) is 0 Å². The van der Waals surface area contributed by atoms with E-state index in [0.29, 0.717) is 10.9 Å². The van der Waals surface area contributed by atoms with Crippen molar-refractivity contribution in [2.24, 2.45) is 0 Å². The van der Waals surface area contributed by atoms with E-state index in [1.807, 2.05) is 36.4 Å². The Morgan fingerprint density at radius 1 is 1.12 bits per heavy atom. The summed E-state index contributed by atoms with van der Waals surface area (Å²) in [6.45, 7) is 0. The molecule has 0 unspecified atom stereocenters. The standard InChI is InChI=1S/C19H14N2O3S/c1-24-13-6-7-14(17(22)10-13)18(23)25-19-20-15-8-11-4-2-3-5-12(11)9-16(15)21-19/h2-10,22H,1H3,(H,20,21). The van der Waals surface area contributed by atoms with Crippen LogP contribution in [-0.4, -0.2) is 27.3 Å². The van der Waals surface area contributed by atoms with Crippen LogP contribution in [0.25, 0.3) is 21.8 Å². The average molecular weight is 350 g/mol. The number of carbonyl (C=O) groups excluding carboxylic acids is 1. The van der Waals surface area contributed by atoms with Crippen molar-refractivity contribution in [2.75, 3.05) is 7.11 Å². The number of thioether (sulfide) groups is 1. The summed E-state index contributed by atoms with van der Waals surface area (Å²) in [6.07, 6.45) is 0. The van der Waals surface area contributed by atoms with E-state index in [-0.39, 0.29) is 16.4 Å². The number of aromatic nitrogens is 2. The zero-order valence-electron chi connectivity index (χ0n) is 13.3. The number of phenols is 1. The highest BCUT2D eigenvalue weighted by atomic mass is 32.2. The van der Waals surface area contributed by atoms with Gasteiger partial charge in [0.25, 0.3) is 0 Å². The third-order valence-electron chi connectivity index (χ3n) is 3.94. The second-order valence-corrected chi connectivity index (χ2v) is 6.49. The molecule has 3 aromatic carbocycles. The van der Waals surface area contributed by atoms with E-state index in [2.05, 4.69) is 9.97 Å². The zero-order chi connectivity index (χ0) is 17.4. The maximum absolute atomic E-state index is 12.4. The Morgan fingerprint density at radius 2 is 1.88 bits per heavy atom. The third kappa shape index (κ3) is 2.92. The molecule has 0 aliphatic carbocycles. The van der Waals surface area contributed by atoms with Gasteiger partial charge in [-0.3, -0.25) is 4.79 Å². The van der Waals surface area contributed by atoms with Gasteiger partial charge in [-0.05, 0) is 46.8 Å². The van der Waals surface area contributed by atoms with Crippen LogP contribution in [0.4, 0.5) is 0 Å². The van der Waals surface area contributed by atoms with Crippen LogP contribution in [0.15, 0.2) is 59.8 Å². The molecule has 6 heteroatoms. The van der Waals surface area contributed by atoms with Crippen LogP contribution in [0.5, 0.6) is 11.5 Å². The summed E-state index contributed by atoms with van der Waals surface area (Å²) >= 11 is 0.950. The fraction of sp³-hybridized carbons (Fsp3) is 0.0526. The number of fused-ring (bicyclic) bond motifs is 2. The number of aromatic hydroxyl groups is 1. The minimum Gasteiger partial charge on any atom is -0.507 e. The minimum atomic E-state index is -0.288. The van der Waals surface area contributed by atoms with Gasteiger partial charge < -0.3 is 14.8 Å². The summed E-state index contributed by atoms with van der Waals surface area (Å²) in [7, 11) is 1.50. The number of imidazole rings is 1. The highest BCUT2D eigenvalue weighted by Gasteiger charge is 2.16. The molecule has 0 amide bonds. The molecule has 0 saturated heterocycles. The first-order valence-corrected chi connectivity index (χ1v) is 8.43. The molecule has 0 atom stereocenters. The van der Waals surface area contributed by atoms with Crippen molar-refractivity contribution < 1.29 is 14.6 Å². The molecular formula is C19H14N2O3S. The number of hydrogen-bond acceptors (Lipinski definition) is 5. The van der Waals surface area contributed by atoms with E-state index in [1.54, 1.807) is 12.1 Å². The highest BCUT2D eigenvalue weighted by Crippen LogP contribution is 2.30. The maximum atomic E-state index is 12.4. The van der Waals surface area contributed by atoms with Crippen LogP contribution < -0.4 is 4.74 Å². The predicted molar refractivity (Wildman–Crippen MR) is 98.4 cm³/mol. The average Bonchev–Trinajstić information content (AvgIpc) is 3.00. The summed E-state index contributed by atoms with van der Waals surface area (Å²) in [6, 6.07) is 16.6. The molecule has 5 nitrogen and oxygen atoms in total. The number of benzene rings is 3. The van der Waals surface area contributed by atoms with Gasteiger partial charge in [-0.2, -0.15) is 0 Å². The van der Waals surface area contributed by atoms with E-state index in [0.717, 1.165) is 33.6 Å². The van der Waals surface area contributed by atoms with Crippen molar-refractivity contribution in [3.63, 3.8) is 0 Å². The van der Waals surface area contributed by atoms with E-state index in [1.165, 1.54) is 13.2 Å². The molecule has 124 valence electrons. The fourth-order valence-corrected chi connectivity index (χ4v) is 3.44. The Morgan fingerprint density at radius 3 is 2.60 bits per heavy atom. The molecule has 1 heterocycles. The normalized spacial score (nSPS) is 11.1. The van der Waals surface area contributed by atoms with Crippen molar-refractivity contribution in [3.8, 4) is 11.5 Å². The lowest BCUT2D eigenvalue weighted by Gasteiger charge is -2.04. The Hall–Kier alpha value is -2.99. The summed E-state index contributed by atoms with van der Waals surface area (Å²) in [4.78, 5) is 20.1. The topological polar surface area (TPSA) is 75.2 Å². The van der Waals surface area contributed by atoms with E-state index < -0.39 is 0 Å². The molecule has 0 saturated carbocycles. The minimum absolute atomic E-state index is 0.112. The van der Waals surface area contributed by atoms with Gasteiger partial charge in [0.05, 0.1) is 23.7 Å². The van der Waals surface area contributed by atoms with Crippen molar-refractivity contribution in [3.05, 3.63) is 60.2 Å². The smallest absolute Gasteiger partial charge is 0.230 e. The number of hydrogen-bond donors (Lipinski definition) is 2. The molecule has 4 rings (SSSR count). The van der Waals surface area contributed by atoms with Gasteiger partial charge in [0, 0.05) is 6.07 Å². The molecular weight excluding hydrogens is 336 g/mol. The van der Waals surface area contributed by atoms with Crippen molar-refractivity contribution >= 4 is 38.7 Å². The number of nitrogens with zero attached hydrogens (tertiary/aromatic N) is 1. The zero-order valence-corrected chi connectivity index (χ0v) is 14.1. The van der Waals surface area contributed by atoms with Gasteiger partial charge in [0.1, 0.15) is 11.5 Å². The quantitative estimate of drug-likeness (QED) is 0.537. The SMILES string of the molecule is COc1ccc(C(=O)Sc2nc3cc4ccccc4cc3[nH]2)c(O)c1. The van der Waals surface area contributed by atoms with Gasteiger partial charge in [0.15, 0.2) is 5.16 Å². The number of methoxy groups -OCH3 is 1. The highest BCUT2D eigenvalue weighted by molar-refractivity contribution is 8.14. The fourth-order valence-electron chi connectivity index (χ4n) is 2.68. The van der Waals surface area contributed by atoms with Crippen LogP contribution in [0.2, 0.25) is 0 Å². The Labute approximate surface area is 147 Å². The molecule has 4 aromatic rings. The molecule has 1 aromatic heterocycles. The number of H-pyrrole nitrogens is 1. The van der Waals surface area contributed by atoms with Crippen LogP contribution in [0.1, 0.15) is 10.4 Å². The Balaban J connectivity index is 1.66. The summed E-state index contributed by atoms with van der Waals surface area (Å²) in [5.41, 5.74) is 1.89. The molecule has 2 N–H and O–H groups in total. The van der Waals surface area contributed by atoms with Crippen molar-refractivity contribution in [1.29, 1.82) is 0 Å². The van der Waals surface area contributed by atoms with E-state index >= 15 is 0 Å². The summed E-state index contributed by atoms with van der Waals surface area (Å²) < 4.78 is 5.03. The monoisotopic (exact) mass is 350 g/mol. The first-order valence-electron chi connectivity index (χ1n) is 7.62. The first-order chi connectivity index (χ1) is 12.1. The predicted octanol–water partition coefficient (Wildman–Crippen LogP) is 4.36. The molecule has 0 fully saturated rings. The molecule has 0 radical (unpaired) electrons. The second kappa shape index (κ2) is 6.14. The van der Waals surface area contributed by atoms with Gasteiger partial charge in [0.2, 0.25) is 5.12 Å².